The fraction of sp³-hybridized carbons (Fsp3) is 0.600. The molecule has 2 amide bonds. The minimum atomic E-state index is -1.10. The Balaban J connectivity index is 1.46. The number of alkyl carbamates (subject to hydrolysis) is 1. The Morgan fingerprint density at radius 3 is 2.93 bits per heavy atom. The van der Waals surface area contributed by atoms with Crippen LogP contribution in [0.15, 0.2) is 16.7 Å². The smallest absolute Gasteiger partial charge is 0.407 e. The molecule has 1 aliphatic carbocycles. The number of H-pyrrole nitrogens is 1. The van der Waals surface area contributed by atoms with Gasteiger partial charge < -0.3 is 19.8 Å². The maximum absolute atomic E-state index is 13.6. The van der Waals surface area contributed by atoms with Gasteiger partial charge in [-0.3, -0.25) is 9.89 Å². The Hall–Kier alpha value is -2.91. The second kappa shape index (κ2) is 9.73. The van der Waals surface area contributed by atoms with Crippen molar-refractivity contribution in [3.8, 4) is 0 Å². The van der Waals surface area contributed by atoms with E-state index in [4.69, 9.17) is 9.15 Å². The number of amides is 2. The molecule has 1 fully saturated rings. The van der Waals surface area contributed by atoms with Crippen LogP contribution in [0.3, 0.4) is 0 Å². The largest absolute Gasteiger partial charge is 0.446 e. The zero-order valence-corrected chi connectivity index (χ0v) is 17.4. The predicted molar refractivity (Wildman–Crippen MR) is 107 cm³/mol. The normalized spacial score (nSPS) is 20.5. The highest BCUT2D eigenvalue weighted by Gasteiger charge is 2.30. The Kier molecular flexibility index (Phi) is 7.07. The lowest BCUT2D eigenvalue weighted by Gasteiger charge is -2.19. The molecule has 4 atom stereocenters. The van der Waals surface area contributed by atoms with E-state index in [1.165, 1.54) is 0 Å². The van der Waals surface area contributed by atoms with Gasteiger partial charge in [0.1, 0.15) is 24.5 Å². The number of hydrogen-bond acceptors (Lipinski definition) is 6. The van der Waals surface area contributed by atoms with Crippen LogP contribution < -0.4 is 10.6 Å². The number of aromatic amines is 1. The Morgan fingerprint density at radius 1 is 1.43 bits per heavy atom. The number of nitrogens with one attached hydrogen (secondary N) is 3. The molecule has 10 heteroatoms. The van der Waals surface area contributed by atoms with Crippen molar-refractivity contribution in [1.82, 2.24) is 20.5 Å². The zero-order valence-electron chi connectivity index (χ0n) is 17.4. The van der Waals surface area contributed by atoms with E-state index in [1.54, 1.807) is 33.0 Å². The molecule has 164 valence electrons. The van der Waals surface area contributed by atoms with Crippen molar-refractivity contribution in [2.75, 3.05) is 5.32 Å². The number of carbonyl (C=O) groups excluding carboxylic acids is 2. The monoisotopic (exact) mass is 421 g/mol. The Bertz CT molecular complexity index is 867. The topological polar surface area (TPSA) is 122 Å². The average molecular weight is 421 g/mol. The quantitative estimate of drug-likeness (QED) is 0.601. The van der Waals surface area contributed by atoms with Gasteiger partial charge in [0.25, 0.3) is 0 Å². The van der Waals surface area contributed by atoms with Crippen molar-refractivity contribution in [1.29, 1.82) is 0 Å². The molecule has 1 aliphatic rings. The molecule has 0 unspecified atom stereocenters. The van der Waals surface area contributed by atoms with Gasteiger partial charge in [0.15, 0.2) is 5.82 Å². The summed E-state index contributed by atoms with van der Waals surface area (Å²) >= 11 is 0. The van der Waals surface area contributed by atoms with E-state index in [-0.39, 0.29) is 24.3 Å². The van der Waals surface area contributed by atoms with Gasteiger partial charge in [-0.1, -0.05) is 6.92 Å². The number of alkyl halides is 1. The van der Waals surface area contributed by atoms with E-state index >= 15 is 0 Å². The summed E-state index contributed by atoms with van der Waals surface area (Å²) < 4.78 is 24.3. The van der Waals surface area contributed by atoms with Crippen molar-refractivity contribution in [2.24, 2.45) is 0 Å². The number of aromatic nitrogens is 3. The predicted octanol–water partition coefficient (Wildman–Crippen LogP) is 3.39. The first-order valence-electron chi connectivity index (χ1n) is 10.2. The third-order valence-corrected chi connectivity index (χ3v) is 5.22. The highest BCUT2D eigenvalue weighted by atomic mass is 19.1. The Labute approximate surface area is 174 Å². The first kappa shape index (κ1) is 21.8. The van der Waals surface area contributed by atoms with Crippen LogP contribution in [-0.4, -0.2) is 45.5 Å². The third kappa shape index (κ3) is 5.80. The van der Waals surface area contributed by atoms with Crippen molar-refractivity contribution in [3.63, 3.8) is 0 Å². The van der Waals surface area contributed by atoms with Crippen LogP contribution in [0, 0.1) is 6.92 Å². The molecule has 0 bridgehead atoms. The number of rotatable bonds is 8. The summed E-state index contributed by atoms with van der Waals surface area (Å²) in [4.78, 5) is 28.1. The van der Waals surface area contributed by atoms with Crippen LogP contribution in [0.4, 0.5) is 15.0 Å². The highest BCUT2D eigenvalue weighted by Crippen LogP contribution is 2.35. The van der Waals surface area contributed by atoms with E-state index in [0.29, 0.717) is 36.7 Å². The number of oxazole rings is 1. The molecule has 3 rings (SSSR count). The molecule has 30 heavy (non-hydrogen) atoms. The molecule has 2 aromatic heterocycles. The second-order valence-corrected chi connectivity index (χ2v) is 7.69. The molecule has 2 aromatic rings. The molecule has 9 nitrogen and oxygen atoms in total. The summed E-state index contributed by atoms with van der Waals surface area (Å²) in [5, 5.41) is 12.3. The zero-order chi connectivity index (χ0) is 21.7. The SMILES string of the molecule is CC[C@@H](F)[C@H](C)NC(=O)O[C@@H]1CC[C@H](c2cc(NC(=O)Cc3ncc(C)o3)n[nH]2)C1. The van der Waals surface area contributed by atoms with Crippen molar-refractivity contribution >= 4 is 17.8 Å². The van der Waals surface area contributed by atoms with Gasteiger partial charge in [0.05, 0.1) is 12.2 Å². The van der Waals surface area contributed by atoms with Crippen LogP contribution >= 0.6 is 0 Å². The minimum Gasteiger partial charge on any atom is -0.446 e. The molecular formula is C20H28FN5O4. The lowest BCUT2D eigenvalue weighted by Crippen LogP contribution is -2.40. The van der Waals surface area contributed by atoms with Gasteiger partial charge in [0.2, 0.25) is 11.8 Å². The van der Waals surface area contributed by atoms with Crippen LogP contribution in [0.25, 0.3) is 0 Å². The maximum atomic E-state index is 13.6. The van der Waals surface area contributed by atoms with E-state index in [1.807, 2.05) is 0 Å². The molecule has 0 radical (unpaired) electrons. The third-order valence-electron chi connectivity index (χ3n) is 5.22. The number of carbonyl (C=O) groups is 2. The summed E-state index contributed by atoms with van der Waals surface area (Å²) in [5.74, 6) is 1.28. The number of hydrogen-bond donors (Lipinski definition) is 3. The summed E-state index contributed by atoms with van der Waals surface area (Å²) in [5.41, 5.74) is 0.868. The van der Waals surface area contributed by atoms with E-state index in [9.17, 15) is 14.0 Å². The fourth-order valence-electron chi connectivity index (χ4n) is 3.56. The lowest BCUT2D eigenvalue weighted by molar-refractivity contribution is -0.115. The van der Waals surface area contributed by atoms with Crippen LogP contribution in [0.2, 0.25) is 0 Å². The molecule has 0 spiro atoms. The molecule has 0 aromatic carbocycles. The van der Waals surface area contributed by atoms with Crippen LogP contribution in [0.1, 0.15) is 62.8 Å². The lowest BCUT2D eigenvalue weighted by atomic mass is 10.0. The van der Waals surface area contributed by atoms with Gasteiger partial charge in [-0.2, -0.15) is 5.10 Å². The summed E-state index contributed by atoms with van der Waals surface area (Å²) in [7, 11) is 0. The minimum absolute atomic E-state index is 0.0285. The molecule has 0 saturated heterocycles. The van der Waals surface area contributed by atoms with Crippen molar-refractivity contribution in [3.05, 3.63) is 29.6 Å². The highest BCUT2D eigenvalue weighted by molar-refractivity contribution is 5.90. The molecule has 0 aliphatic heterocycles. The van der Waals surface area contributed by atoms with E-state index < -0.39 is 18.3 Å². The number of aryl methyl sites for hydroxylation is 1. The van der Waals surface area contributed by atoms with Gasteiger partial charge >= 0.3 is 6.09 Å². The molecule has 2 heterocycles. The average Bonchev–Trinajstić information content (AvgIpc) is 3.42. The number of nitrogens with zero attached hydrogens (tertiary/aromatic N) is 2. The Morgan fingerprint density at radius 2 is 2.23 bits per heavy atom. The van der Waals surface area contributed by atoms with Crippen LogP contribution in [0.5, 0.6) is 0 Å². The summed E-state index contributed by atoms with van der Waals surface area (Å²) in [6.45, 7) is 5.11. The van der Waals surface area contributed by atoms with Crippen molar-refractivity contribution < 1.29 is 23.1 Å². The van der Waals surface area contributed by atoms with Gasteiger partial charge in [-0.05, 0) is 39.5 Å². The van der Waals surface area contributed by atoms with Gasteiger partial charge in [-0.15, -0.1) is 0 Å². The van der Waals surface area contributed by atoms with E-state index in [0.717, 1.165) is 12.1 Å². The fourth-order valence-corrected chi connectivity index (χ4v) is 3.56. The molecule has 1 saturated carbocycles. The van der Waals surface area contributed by atoms with Crippen LogP contribution in [-0.2, 0) is 16.0 Å². The maximum Gasteiger partial charge on any atom is 0.407 e. The molecular weight excluding hydrogens is 393 g/mol. The van der Waals surface area contributed by atoms with E-state index in [2.05, 4.69) is 25.8 Å². The first-order valence-corrected chi connectivity index (χ1v) is 10.2. The molecule has 3 N–H and O–H groups in total. The van der Waals surface area contributed by atoms with Gasteiger partial charge in [0, 0.05) is 17.7 Å². The summed E-state index contributed by atoms with van der Waals surface area (Å²) in [6.07, 6.45) is 2.17. The number of ether oxygens (including phenoxy) is 1. The van der Waals surface area contributed by atoms with Gasteiger partial charge in [-0.25, -0.2) is 14.2 Å². The summed E-state index contributed by atoms with van der Waals surface area (Å²) in [6, 6.07) is 1.20. The first-order chi connectivity index (χ1) is 14.3. The van der Waals surface area contributed by atoms with Crippen molar-refractivity contribution in [2.45, 2.75) is 77.1 Å². The number of halogens is 1. The number of anilines is 1. The standard InChI is InChI=1S/C20H28FN5O4/c1-4-15(21)12(3)23-20(28)30-14-6-5-13(7-14)16-8-17(26-25-16)24-18(27)9-19-22-10-11(2)29-19/h8,10,12-15H,4-7,9H2,1-3H3,(H,23,28)(H2,24,25,26,27)/t12-,13-,14+,15+/m0/s1. The second-order valence-electron chi connectivity index (χ2n) is 7.69.